The minimum atomic E-state index is 0.588. The highest BCUT2D eigenvalue weighted by atomic mass is 79.9. The number of hydrogen-bond acceptors (Lipinski definition) is 2. The molecular formula is C26H27BrN2O. The Labute approximate surface area is 186 Å². The van der Waals surface area contributed by atoms with E-state index in [4.69, 9.17) is 9.72 Å². The van der Waals surface area contributed by atoms with Gasteiger partial charge >= 0.3 is 0 Å². The van der Waals surface area contributed by atoms with Gasteiger partial charge in [-0.1, -0.05) is 66.2 Å². The maximum absolute atomic E-state index is 6.01. The van der Waals surface area contributed by atoms with Crippen LogP contribution >= 0.6 is 15.9 Å². The van der Waals surface area contributed by atoms with Crippen molar-refractivity contribution in [3.05, 3.63) is 82.8 Å². The highest BCUT2D eigenvalue weighted by molar-refractivity contribution is 9.10. The average molecular weight is 463 g/mol. The highest BCUT2D eigenvalue weighted by Crippen LogP contribution is 2.27. The predicted molar refractivity (Wildman–Crippen MR) is 128 cm³/mol. The molecule has 0 radical (unpaired) electrons. The summed E-state index contributed by atoms with van der Waals surface area (Å²) in [5.74, 6) is 2.52. The van der Waals surface area contributed by atoms with E-state index >= 15 is 0 Å². The molecule has 0 saturated carbocycles. The Bertz CT molecular complexity index is 1120. The summed E-state index contributed by atoms with van der Waals surface area (Å²) in [6, 6.07) is 25.2. The zero-order chi connectivity index (χ0) is 20.9. The molecule has 0 spiro atoms. The fraction of sp³-hybridized carbons (Fsp3) is 0.269. The molecule has 4 rings (SSSR count). The number of para-hydroxylation sites is 2. The minimum absolute atomic E-state index is 0.588. The third-order valence-corrected chi connectivity index (χ3v) is 6.09. The van der Waals surface area contributed by atoms with Crippen LogP contribution in [0.1, 0.15) is 38.2 Å². The molecule has 154 valence electrons. The van der Waals surface area contributed by atoms with Crippen molar-refractivity contribution in [3.8, 4) is 17.1 Å². The van der Waals surface area contributed by atoms with Crippen LogP contribution in [-0.4, -0.2) is 16.2 Å². The van der Waals surface area contributed by atoms with Crippen molar-refractivity contribution in [2.75, 3.05) is 6.61 Å². The fourth-order valence-corrected chi connectivity index (χ4v) is 4.09. The number of benzene rings is 3. The van der Waals surface area contributed by atoms with Crippen molar-refractivity contribution in [3.63, 3.8) is 0 Å². The number of halogens is 1. The van der Waals surface area contributed by atoms with E-state index in [1.54, 1.807) is 0 Å². The van der Waals surface area contributed by atoms with Crippen LogP contribution in [0, 0.1) is 0 Å². The van der Waals surface area contributed by atoms with E-state index in [0.29, 0.717) is 12.5 Å². The summed E-state index contributed by atoms with van der Waals surface area (Å²) in [7, 11) is 0. The second kappa shape index (κ2) is 9.48. The van der Waals surface area contributed by atoms with Crippen molar-refractivity contribution in [1.29, 1.82) is 0 Å². The Hall–Kier alpha value is -2.59. The van der Waals surface area contributed by atoms with Gasteiger partial charge in [0.05, 0.1) is 17.6 Å². The van der Waals surface area contributed by atoms with Crippen LogP contribution in [0.15, 0.2) is 77.3 Å². The molecule has 0 fully saturated rings. The van der Waals surface area contributed by atoms with Gasteiger partial charge in [-0.25, -0.2) is 4.98 Å². The lowest BCUT2D eigenvalue weighted by molar-refractivity contribution is 0.302. The lowest BCUT2D eigenvalue weighted by atomic mass is 9.99. The van der Waals surface area contributed by atoms with E-state index in [9.17, 15) is 0 Å². The molecule has 1 unspecified atom stereocenters. The molecule has 4 heteroatoms. The van der Waals surface area contributed by atoms with E-state index < -0.39 is 0 Å². The molecule has 30 heavy (non-hydrogen) atoms. The Kier molecular flexibility index (Phi) is 6.53. The number of fused-ring (bicyclic) bond motifs is 1. The van der Waals surface area contributed by atoms with Gasteiger partial charge in [0.1, 0.15) is 11.6 Å². The van der Waals surface area contributed by atoms with Crippen LogP contribution in [-0.2, 0) is 6.54 Å². The van der Waals surface area contributed by atoms with Gasteiger partial charge in [0, 0.05) is 16.6 Å². The topological polar surface area (TPSA) is 27.1 Å². The molecule has 0 saturated heterocycles. The zero-order valence-electron chi connectivity index (χ0n) is 17.5. The maximum Gasteiger partial charge on any atom is 0.141 e. The molecule has 3 nitrogen and oxygen atoms in total. The third-order valence-electron chi connectivity index (χ3n) is 5.59. The number of ether oxygens (including phenoxy) is 1. The van der Waals surface area contributed by atoms with Crippen LogP contribution in [0.25, 0.3) is 22.4 Å². The van der Waals surface area contributed by atoms with Gasteiger partial charge in [-0.05, 0) is 60.7 Å². The van der Waals surface area contributed by atoms with Crippen molar-refractivity contribution >= 4 is 27.0 Å². The molecule has 0 N–H and O–H groups in total. The Morgan fingerprint density at radius 1 is 1.00 bits per heavy atom. The first-order valence-corrected chi connectivity index (χ1v) is 11.4. The predicted octanol–water partition coefficient (Wildman–Crippen LogP) is 7.45. The number of rotatable bonds is 8. The van der Waals surface area contributed by atoms with Gasteiger partial charge in [0.15, 0.2) is 0 Å². The molecule has 0 aliphatic heterocycles. The highest BCUT2D eigenvalue weighted by Gasteiger charge is 2.12. The number of nitrogens with zero attached hydrogens (tertiary/aromatic N) is 2. The quantitative estimate of drug-likeness (QED) is 0.254. The summed E-state index contributed by atoms with van der Waals surface area (Å²) >= 11 is 3.58. The number of hydrogen-bond donors (Lipinski definition) is 0. The number of aromatic nitrogens is 2. The standard InChI is InChI=1S/C26H27BrN2O/c1-3-19(2)20-12-14-23(15-13-20)30-17-7-16-29-25-11-5-4-10-24(25)28-26(29)21-8-6-9-22(27)18-21/h4-6,8-15,18-19H,3,7,16-17H2,1-2H3. The first-order chi connectivity index (χ1) is 14.7. The normalized spacial score (nSPS) is 12.2. The summed E-state index contributed by atoms with van der Waals surface area (Å²) in [4.78, 5) is 4.90. The molecule has 4 aromatic rings. The van der Waals surface area contributed by atoms with Crippen molar-refractivity contribution in [2.24, 2.45) is 0 Å². The SMILES string of the molecule is CCC(C)c1ccc(OCCCn2c(-c3cccc(Br)c3)nc3ccccc32)cc1. The second-order valence-corrected chi connectivity index (χ2v) is 8.58. The first kappa shape index (κ1) is 20.7. The molecule has 0 aliphatic carbocycles. The molecule has 1 aromatic heterocycles. The van der Waals surface area contributed by atoms with Gasteiger partial charge in [0.25, 0.3) is 0 Å². The van der Waals surface area contributed by atoms with Crippen molar-refractivity contribution in [2.45, 2.75) is 39.2 Å². The lowest BCUT2D eigenvalue weighted by Crippen LogP contribution is -2.06. The molecule has 0 amide bonds. The first-order valence-electron chi connectivity index (χ1n) is 10.6. The summed E-state index contributed by atoms with van der Waals surface area (Å²) in [5.41, 5.74) is 4.66. The molecule has 0 bridgehead atoms. The van der Waals surface area contributed by atoms with Crippen LogP contribution in [0.4, 0.5) is 0 Å². The third kappa shape index (κ3) is 4.59. The Morgan fingerprint density at radius 2 is 1.80 bits per heavy atom. The van der Waals surface area contributed by atoms with Gasteiger partial charge in [0.2, 0.25) is 0 Å². The second-order valence-electron chi connectivity index (χ2n) is 7.67. The van der Waals surface area contributed by atoms with Crippen LogP contribution in [0.3, 0.4) is 0 Å². The largest absolute Gasteiger partial charge is 0.494 e. The van der Waals surface area contributed by atoms with Gasteiger partial charge < -0.3 is 9.30 Å². The summed E-state index contributed by atoms with van der Waals surface area (Å²) in [6.07, 6.45) is 2.06. The molecule has 3 aromatic carbocycles. The average Bonchev–Trinajstić information content (AvgIpc) is 3.15. The molecule has 1 heterocycles. The molecule has 1 atom stereocenters. The van der Waals surface area contributed by atoms with Crippen molar-refractivity contribution < 1.29 is 4.74 Å². The van der Waals surface area contributed by atoms with E-state index in [1.807, 2.05) is 12.1 Å². The Morgan fingerprint density at radius 3 is 2.57 bits per heavy atom. The van der Waals surface area contributed by atoms with Crippen LogP contribution in [0.2, 0.25) is 0 Å². The van der Waals surface area contributed by atoms with Gasteiger partial charge in [-0.3, -0.25) is 0 Å². The van der Waals surface area contributed by atoms with Crippen LogP contribution < -0.4 is 4.74 Å². The van der Waals surface area contributed by atoms with E-state index in [1.165, 1.54) is 5.56 Å². The van der Waals surface area contributed by atoms with Crippen molar-refractivity contribution in [1.82, 2.24) is 9.55 Å². The smallest absolute Gasteiger partial charge is 0.141 e. The fourth-order valence-electron chi connectivity index (χ4n) is 3.69. The van der Waals surface area contributed by atoms with E-state index in [-0.39, 0.29) is 0 Å². The van der Waals surface area contributed by atoms with E-state index in [0.717, 1.165) is 52.0 Å². The Balaban J connectivity index is 1.47. The monoisotopic (exact) mass is 462 g/mol. The summed E-state index contributed by atoms with van der Waals surface area (Å²) in [6.45, 7) is 6.01. The number of aryl methyl sites for hydroxylation is 1. The minimum Gasteiger partial charge on any atom is -0.494 e. The van der Waals surface area contributed by atoms with E-state index in [2.05, 4.69) is 95.0 Å². The lowest BCUT2D eigenvalue weighted by Gasteiger charge is -2.12. The summed E-state index contributed by atoms with van der Waals surface area (Å²) < 4.78 is 9.36. The zero-order valence-corrected chi connectivity index (χ0v) is 19.1. The number of imidazole rings is 1. The maximum atomic E-state index is 6.01. The van der Waals surface area contributed by atoms with Crippen LogP contribution in [0.5, 0.6) is 5.75 Å². The molecule has 0 aliphatic rings. The van der Waals surface area contributed by atoms with Gasteiger partial charge in [-0.2, -0.15) is 0 Å². The molecular weight excluding hydrogens is 436 g/mol. The van der Waals surface area contributed by atoms with Gasteiger partial charge in [-0.15, -0.1) is 0 Å². The summed E-state index contributed by atoms with van der Waals surface area (Å²) in [5, 5.41) is 0.